The molecule has 1 aliphatic carbocycles. The Balaban J connectivity index is 1.57. The number of H-pyrrole nitrogens is 1. The number of carbonyl (C=O) groups is 2. The molecule has 4 N–H and O–H groups in total. The van der Waals surface area contributed by atoms with Gasteiger partial charge in [0.2, 0.25) is 5.91 Å². The number of para-hydroxylation sites is 1. The van der Waals surface area contributed by atoms with Crippen LogP contribution in [0, 0.1) is 0 Å². The summed E-state index contributed by atoms with van der Waals surface area (Å²) in [7, 11) is 0. The first-order chi connectivity index (χ1) is 11.6. The molecule has 0 saturated heterocycles. The zero-order chi connectivity index (χ0) is 17.0. The summed E-state index contributed by atoms with van der Waals surface area (Å²) in [5, 5.41) is 11.3. The van der Waals surface area contributed by atoms with Gasteiger partial charge in [-0.3, -0.25) is 20.4 Å². The molecule has 6 nitrogen and oxygen atoms in total. The minimum Gasteiger partial charge on any atom is -0.389 e. The normalized spacial score (nSPS) is 17.2. The Morgan fingerprint density at radius 3 is 2.54 bits per heavy atom. The number of hydrazine groups is 1. The molecule has 1 aliphatic rings. The Morgan fingerprint density at radius 1 is 1.08 bits per heavy atom. The van der Waals surface area contributed by atoms with Crippen molar-refractivity contribution < 1.29 is 14.7 Å². The number of rotatable bonds is 3. The number of aromatic nitrogens is 1. The lowest BCUT2D eigenvalue weighted by molar-refractivity contribution is -0.127. The molecule has 3 rings (SSSR count). The summed E-state index contributed by atoms with van der Waals surface area (Å²) in [5.74, 6) is -0.749. The number of amides is 2. The molecule has 1 heterocycles. The number of fused-ring (bicyclic) bond motifs is 1. The van der Waals surface area contributed by atoms with Crippen LogP contribution in [-0.2, 0) is 4.79 Å². The van der Waals surface area contributed by atoms with Crippen LogP contribution in [0.2, 0.25) is 0 Å². The van der Waals surface area contributed by atoms with E-state index in [1.165, 1.54) is 0 Å². The fraction of sp³-hybridized carbons (Fsp3) is 0.444. The number of aliphatic hydroxyl groups is 1. The Morgan fingerprint density at radius 2 is 1.79 bits per heavy atom. The minimum absolute atomic E-state index is 0.0150. The van der Waals surface area contributed by atoms with E-state index in [2.05, 4.69) is 15.8 Å². The third-order valence-electron chi connectivity index (χ3n) is 4.67. The molecule has 1 fully saturated rings. The summed E-state index contributed by atoms with van der Waals surface area (Å²) in [6.45, 7) is 0. The maximum atomic E-state index is 12.2. The SMILES string of the molecule is O=C(CC1(O)CCCCCC1)NNC(=O)c1c[nH]c2ccccc12. The number of hydrogen-bond donors (Lipinski definition) is 4. The van der Waals surface area contributed by atoms with Crippen molar-refractivity contribution in [2.24, 2.45) is 0 Å². The van der Waals surface area contributed by atoms with E-state index in [1.54, 1.807) is 6.20 Å². The van der Waals surface area contributed by atoms with Gasteiger partial charge in [-0.25, -0.2) is 0 Å². The van der Waals surface area contributed by atoms with Crippen LogP contribution in [-0.4, -0.2) is 27.5 Å². The molecule has 0 spiro atoms. The van der Waals surface area contributed by atoms with E-state index in [4.69, 9.17) is 0 Å². The smallest absolute Gasteiger partial charge is 0.271 e. The van der Waals surface area contributed by atoms with Crippen molar-refractivity contribution >= 4 is 22.7 Å². The quantitative estimate of drug-likeness (QED) is 0.514. The predicted molar refractivity (Wildman–Crippen MR) is 91.2 cm³/mol. The highest BCUT2D eigenvalue weighted by molar-refractivity contribution is 6.07. The standard InChI is InChI=1S/C18H23N3O3/c22-16(11-18(24)9-5-1-2-6-10-18)20-21-17(23)14-12-19-15-8-4-3-7-13(14)15/h3-4,7-8,12,19,24H,1-2,5-6,9-11H2,(H,20,22)(H,21,23). The summed E-state index contributed by atoms with van der Waals surface area (Å²) < 4.78 is 0. The van der Waals surface area contributed by atoms with E-state index in [0.29, 0.717) is 18.4 Å². The summed E-state index contributed by atoms with van der Waals surface area (Å²) in [6, 6.07) is 7.46. The van der Waals surface area contributed by atoms with Crippen molar-refractivity contribution in [1.29, 1.82) is 0 Å². The first kappa shape index (κ1) is 16.5. The number of benzene rings is 1. The van der Waals surface area contributed by atoms with Crippen molar-refractivity contribution in [3.05, 3.63) is 36.0 Å². The Kier molecular flexibility index (Phi) is 4.85. The van der Waals surface area contributed by atoms with E-state index in [0.717, 1.165) is 36.6 Å². The fourth-order valence-corrected chi connectivity index (χ4v) is 3.36. The topological polar surface area (TPSA) is 94.2 Å². The van der Waals surface area contributed by atoms with Crippen molar-refractivity contribution in [1.82, 2.24) is 15.8 Å². The van der Waals surface area contributed by atoms with Gasteiger partial charge in [0, 0.05) is 17.1 Å². The van der Waals surface area contributed by atoms with Gasteiger partial charge in [0.05, 0.1) is 17.6 Å². The van der Waals surface area contributed by atoms with E-state index in [9.17, 15) is 14.7 Å². The maximum Gasteiger partial charge on any atom is 0.271 e. The van der Waals surface area contributed by atoms with Crippen molar-refractivity contribution in [3.63, 3.8) is 0 Å². The van der Waals surface area contributed by atoms with E-state index in [-0.39, 0.29) is 18.2 Å². The van der Waals surface area contributed by atoms with Crippen LogP contribution in [0.25, 0.3) is 10.9 Å². The molecule has 0 atom stereocenters. The number of nitrogens with one attached hydrogen (secondary N) is 3. The highest BCUT2D eigenvalue weighted by Gasteiger charge is 2.30. The Labute approximate surface area is 140 Å². The second kappa shape index (κ2) is 7.05. The zero-order valence-electron chi connectivity index (χ0n) is 13.6. The van der Waals surface area contributed by atoms with Gasteiger partial charge in [-0.1, -0.05) is 43.9 Å². The summed E-state index contributed by atoms with van der Waals surface area (Å²) in [6.07, 6.45) is 6.97. The molecule has 128 valence electrons. The second-order valence-corrected chi connectivity index (χ2v) is 6.57. The number of hydrogen-bond acceptors (Lipinski definition) is 3. The van der Waals surface area contributed by atoms with E-state index >= 15 is 0 Å². The minimum atomic E-state index is -0.952. The van der Waals surface area contributed by atoms with Crippen LogP contribution in [0.4, 0.5) is 0 Å². The molecule has 1 aromatic carbocycles. The van der Waals surface area contributed by atoms with Gasteiger partial charge in [-0.05, 0) is 18.9 Å². The molecule has 2 amide bonds. The summed E-state index contributed by atoms with van der Waals surface area (Å²) >= 11 is 0. The van der Waals surface area contributed by atoms with E-state index in [1.807, 2.05) is 24.3 Å². The lowest BCUT2D eigenvalue weighted by atomic mass is 9.91. The summed E-state index contributed by atoms with van der Waals surface area (Å²) in [4.78, 5) is 27.3. The molecule has 0 bridgehead atoms. The fourth-order valence-electron chi connectivity index (χ4n) is 3.36. The van der Waals surface area contributed by atoms with Crippen LogP contribution in [0.5, 0.6) is 0 Å². The average molecular weight is 329 g/mol. The van der Waals surface area contributed by atoms with Crippen molar-refractivity contribution in [3.8, 4) is 0 Å². The number of carbonyl (C=O) groups excluding carboxylic acids is 2. The highest BCUT2D eigenvalue weighted by atomic mass is 16.3. The van der Waals surface area contributed by atoms with Crippen LogP contribution < -0.4 is 10.9 Å². The highest BCUT2D eigenvalue weighted by Crippen LogP contribution is 2.29. The third-order valence-corrected chi connectivity index (χ3v) is 4.67. The molecule has 6 heteroatoms. The van der Waals surface area contributed by atoms with Gasteiger partial charge < -0.3 is 10.1 Å². The molecule has 24 heavy (non-hydrogen) atoms. The van der Waals surface area contributed by atoms with Gasteiger partial charge in [0.1, 0.15) is 0 Å². The first-order valence-electron chi connectivity index (χ1n) is 8.45. The first-order valence-corrected chi connectivity index (χ1v) is 8.45. The van der Waals surface area contributed by atoms with E-state index < -0.39 is 5.60 Å². The maximum absolute atomic E-state index is 12.2. The zero-order valence-corrected chi connectivity index (χ0v) is 13.6. The second-order valence-electron chi connectivity index (χ2n) is 6.57. The molecule has 0 radical (unpaired) electrons. The molecule has 1 saturated carbocycles. The monoisotopic (exact) mass is 329 g/mol. The molecule has 1 aromatic heterocycles. The van der Waals surface area contributed by atoms with Crippen molar-refractivity contribution in [2.45, 2.75) is 50.5 Å². The van der Waals surface area contributed by atoms with Gasteiger partial charge in [0.25, 0.3) is 5.91 Å². The van der Waals surface area contributed by atoms with Crippen LogP contribution in [0.3, 0.4) is 0 Å². The van der Waals surface area contributed by atoms with Crippen molar-refractivity contribution in [2.75, 3.05) is 0 Å². The molecule has 0 aliphatic heterocycles. The molecule has 0 unspecified atom stereocenters. The molecule has 2 aromatic rings. The van der Waals surface area contributed by atoms with Gasteiger partial charge >= 0.3 is 0 Å². The Hall–Kier alpha value is -2.34. The summed E-state index contributed by atoms with van der Waals surface area (Å²) in [5.41, 5.74) is 5.23. The number of aromatic amines is 1. The molecular weight excluding hydrogens is 306 g/mol. The predicted octanol–water partition coefficient (Wildman–Crippen LogP) is 2.40. The third kappa shape index (κ3) is 3.76. The van der Waals surface area contributed by atoms with Gasteiger partial charge in [0.15, 0.2) is 0 Å². The Bertz CT molecular complexity index is 730. The van der Waals surface area contributed by atoms with Gasteiger partial charge in [-0.15, -0.1) is 0 Å². The largest absolute Gasteiger partial charge is 0.389 e. The lowest BCUT2D eigenvalue weighted by Crippen LogP contribution is -2.45. The van der Waals surface area contributed by atoms with Crippen LogP contribution >= 0.6 is 0 Å². The molecular formula is C18H23N3O3. The van der Waals surface area contributed by atoms with Crippen LogP contribution in [0.15, 0.2) is 30.5 Å². The van der Waals surface area contributed by atoms with Gasteiger partial charge in [-0.2, -0.15) is 0 Å². The lowest BCUT2D eigenvalue weighted by Gasteiger charge is -2.25. The average Bonchev–Trinajstić information content (AvgIpc) is 2.89. The van der Waals surface area contributed by atoms with Crippen LogP contribution in [0.1, 0.15) is 55.3 Å².